The van der Waals surface area contributed by atoms with Gasteiger partial charge in [-0.1, -0.05) is 95.5 Å². The van der Waals surface area contributed by atoms with Crippen LogP contribution in [0.4, 0.5) is 5.69 Å². The molecule has 2 amide bonds. The van der Waals surface area contributed by atoms with E-state index in [-0.39, 0.29) is 42.0 Å². The van der Waals surface area contributed by atoms with Gasteiger partial charge in [0.05, 0.1) is 22.9 Å². The van der Waals surface area contributed by atoms with Crippen LogP contribution in [0.5, 0.6) is 5.75 Å². The second-order valence-electron chi connectivity index (χ2n) is 13.0. The van der Waals surface area contributed by atoms with E-state index in [0.717, 1.165) is 5.57 Å². The van der Waals surface area contributed by atoms with Crippen LogP contribution in [-0.2, 0) is 24.6 Å². The molecule has 3 aliphatic carbocycles. The summed E-state index contributed by atoms with van der Waals surface area (Å²) in [5.41, 5.74) is 1.71. The Morgan fingerprint density at radius 2 is 1.42 bits per heavy atom. The number of halogens is 2. The number of aromatic hydroxyl groups is 1. The van der Waals surface area contributed by atoms with Gasteiger partial charge in [0.2, 0.25) is 11.8 Å². The topological polar surface area (TPSA) is 91.8 Å². The number of hydrogen-bond acceptors (Lipinski definition) is 5. The number of anilines is 1. The summed E-state index contributed by atoms with van der Waals surface area (Å²) in [6.07, 6.45) is 3.85. The Balaban J connectivity index is 1.37. The standard InChI is InChI=1S/C40H29Cl2NO5/c41-24-11-14-26(15-12-24)43-38(47)28-17-16-27-30(35(28)39(43)48)20-32-37(46)29(22-7-3-1-4-8-22)21-34(45)40(32,23-9-5-2-6-10-23)36(27)31-19-25(42)13-18-33(31)44/h1-16,18-19,21,28,30,32,35-36,44H,17,20H2/t28-,30+,32-,35-,36+,40-/m0/s1. The number of ketones is 2. The molecule has 8 heteroatoms. The van der Waals surface area contributed by atoms with E-state index in [1.54, 1.807) is 48.5 Å². The van der Waals surface area contributed by atoms with Gasteiger partial charge in [0, 0.05) is 33.0 Å². The van der Waals surface area contributed by atoms with E-state index in [1.807, 2.05) is 54.6 Å². The van der Waals surface area contributed by atoms with Crippen LogP contribution < -0.4 is 4.90 Å². The van der Waals surface area contributed by atoms with Gasteiger partial charge in [-0.3, -0.25) is 24.1 Å². The van der Waals surface area contributed by atoms with Crippen molar-refractivity contribution < 1.29 is 24.3 Å². The van der Waals surface area contributed by atoms with E-state index in [2.05, 4.69) is 0 Å². The highest BCUT2D eigenvalue weighted by atomic mass is 35.5. The number of imide groups is 1. The first-order valence-electron chi connectivity index (χ1n) is 15.9. The summed E-state index contributed by atoms with van der Waals surface area (Å²) in [7, 11) is 0. The largest absolute Gasteiger partial charge is 0.508 e. The molecular weight excluding hydrogens is 645 g/mol. The zero-order valence-corrected chi connectivity index (χ0v) is 27.1. The van der Waals surface area contributed by atoms with Crippen molar-refractivity contribution >= 4 is 57.8 Å². The van der Waals surface area contributed by atoms with Gasteiger partial charge in [-0.2, -0.15) is 0 Å². The number of carbonyl (C=O) groups is 4. The van der Waals surface area contributed by atoms with Gasteiger partial charge >= 0.3 is 0 Å². The number of carbonyl (C=O) groups excluding carboxylic acids is 4. The Morgan fingerprint density at radius 1 is 0.750 bits per heavy atom. The summed E-state index contributed by atoms with van der Waals surface area (Å²) in [5.74, 6) is -4.93. The third-order valence-corrected chi connectivity index (χ3v) is 11.2. The van der Waals surface area contributed by atoms with E-state index in [9.17, 15) is 19.5 Å². The van der Waals surface area contributed by atoms with Gasteiger partial charge in [-0.25, -0.2) is 0 Å². The number of rotatable bonds is 4. The van der Waals surface area contributed by atoms with Gasteiger partial charge in [0.15, 0.2) is 11.6 Å². The molecule has 0 bridgehead atoms. The van der Waals surface area contributed by atoms with Crippen molar-refractivity contribution in [3.63, 3.8) is 0 Å². The molecule has 0 unspecified atom stereocenters. The average Bonchev–Trinajstić information content (AvgIpc) is 3.36. The number of amides is 2. The SMILES string of the molecule is O=C1C(c2ccccc2)=CC(=O)[C@@]2(c3ccccc3)[C@@H](c3cc(Cl)ccc3O)C3=CC[C@@H]4C(=O)N(c5ccc(Cl)cc5)C(=O)[C@@H]4[C@@H]3C[C@@H]12. The van der Waals surface area contributed by atoms with Gasteiger partial charge in [0.25, 0.3) is 0 Å². The van der Waals surface area contributed by atoms with Gasteiger partial charge in [-0.15, -0.1) is 0 Å². The summed E-state index contributed by atoms with van der Waals surface area (Å²) in [5, 5.41) is 12.3. The molecule has 0 radical (unpaired) electrons. The Kier molecular flexibility index (Phi) is 7.27. The van der Waals surface area contributed by atoms with Crippen LogP contribution in [0, 0.1) is 23.7 Å². The van der Waals surface area contributed by atoms with E-state index < -0.39 is 35.0 Å². The smallest absolute Gasteiger partial charge is 0.238 e. The molecule has 238 valence electrons. The molecule has 1 saturated heterocycles. The minimum absolute atomic E-state index is 0.0724. The highest BCUT2D eigenvalue weighted by Gasteiger charge is 2.66. The first-order chi connectivity index (χ1) is 23.2. The van der Waals surface area contributed by atoms with Crippen molar-refractivity contribution in [1.29, 1.82) is 0 Å². The van der Waals surface area contributed by atoms with E-state index in [0.29, 0.717) is 38.0 Å². The maximum absolute atomic E-state index is 15.0. The molecule has 2 fully saturated rings. The molecule has 4 aromatic carbocycles. The van der Waals surface area contributed by atoms with E-state index >= 15 is 4.79 Å². The molecule has 1 N–H and O–H groups in total. The lowest BCUT2D eigenvalue weighted by atomic mass is 9.44. The first kappa shape index (κ1) is 30.5. The molecule has 1 saturated carbocycles. The lowest BCUT2D eigenvalue weighted by Gasteiger charge is -2.55. The van der Waals surface area contributed by atoms with Crippen LogP contribution in [-0.4, -0.2) is 28.5 Å². The number of benzene rings is 4. The number of phenolic OH excluding ortho intramolecular Hbond substituents is 1. The highest BCUT2D eigenvalue weighted by molar-refractivity contribution is 6.32. The minimum atomic E-state index is -1.45. The molecule has 1 heterocycles. The lowest BCUT2D eigenvalue weighted by Crippen LogP contribution is -2.58. The summed E-state index contributed by atoms with van der Waals surface area (Å²) in [4.78, 5) is 59.5. The van der Waals surface area contributed by atoms with Crippen LogP contribution in [0.1, 0.15) is 35.4 Å². The van der Waals surface area contributed by atoms with Crippen molar-refractivity contribution in [2.45, 2.75) is 24.2 Å². The molecule has 6 nitrogen and oxygen atoms in total. The highest BCUT2D eigenvalue weighted by Crippen LogP contribution is 2.64. The fourth-order valence-corrected chi connectivity index (χ4v) is 9.13. The van der Waals surface area contributed by atoms with Crippen molar-refractivity contribution in [3.8, 4) is 5.75 Å². The molecule has 0 spiro atoms. The third kappa shape index (κ3) is 4.39. The van der Waals surface area contributed by atoms with Crippen LogP contribution in [0.25, 0.3) is 5.57 Å². The minimum Gasteiger partial charge on any atom is -0.508 e. The predicted molar refractivity (Wildman–Crippen MR) is 184 cm³/mol. The average molecular weight is 675 g/mol. The maximum atomic E-state index is 15.0. The van der Waals surface area contributed by atoms with Crippen LogP contribution in [0.2, 0.25) is 10.0 Å². The van der Waals surface area contributed by atoms with E-state index in [4.69, 9.17) is 23.2 Å². The van der Waals surface area contributed by atoms with Crippen molar-refractivity contribution in [1.82, 2.24) is 0 Å². The van der Waals surface area contributed by atoms with Crippen LogP contribution in [0.3, 0.4) is 0 Å². The second kappa shape index (κ2) is 11.4. The summed E-state index contributed by atoms with van der Waals surface area (Å²) >= 11 is 12.7. The number of fused-ring (bicyclic) bond motifs is 4. The predicted octanol–water partition coefficient (Wildman–Crippen LogP) is 7.73. The van der Waals surface area contributed by atoms with Gasteiger partial charge < -0.3 is 5.11 Å². The Hall–Kier alpha value is -4.78. The van der Waals surface area contributed by atoms with Crippen LogP contribution in [0.15, 0.2) is 121 Å². The Morgan fingerprint density at radius 3 is 2.12 bits per heavy atom. The monoisotopic (exact) mass is 673 g/mol. The normalized spacial score (nSPS) is 28.0. The summed E-state index contributed by atoms with van der Waals surface area (Å²) < 4.78 is 0. The lowest BCUT2D eigenvalue weighted by molar-refractivity contribution is -0.135. The number of nitrogens with zero attached hydrogens (tertiary/aromatic N) is 1. The maximum Gasteiger partial charge on any atom is 0.238 e. The fraction of sp³-hybridized carbons (Fsp3) is 0.200. The molecular formula is C40H29Cl2NO5. The summed E-state index contributed by atoms with van der Waals surface area (Å²) in [6.45, 7) is 0. The third-order valence-electron chi connectivity index (χ3n) is 10.8. The number of Topliss-reactive ketones (excluding diaryl/α,β-unsaturated/α-hetero) is 1. The molecule has 48 heavy (non-hydrogen) atoms. The molecule has 4 aliphatic rings. The van der Waals surface area contributed by atoms with E-state index in [1.165, 1.54) is 17.0 Å². The molecule has 1 aliphatic heterocycles. The first-order valence-corrected chi connectivity index (χ1v) is 16.7. The number of allylic oxidation sites excluding steroid dienone is 4. The second-order valence-corrected chi connectivity index (χ2v) is 13.9. The quantitative estimate of drug-likeness (QED) is 0.177. The zero-order chi connectivity index (χ0) is 33.3. The Labute approximate surface area is 287 Å². The molecule has 8 rings (SSSR count). The van der Waals surface area contributed by atoms with Gasteiger partial charge in [0.1, 0.15) is 5.75 Å². The molecule has 4 aromatic rings. The fourth-order valence-electron chi connectivity index (χ4n) is 8.82. The number of hydrogen-bond donors (Lipinski definition) is 1. The zero-order valence-electron chi connectivity index (χ0n) is 25.6. The number of phenols is 1. The molecule has 0 aromatic heterocycles. The summed E-state index contributed by atoms with van der Waals surface area (Å²) in [6, 6.07) is 29.6. The van der Waals surface area contributed by atoms with Crippen LogP contribution >= 0.6 is 23.2 Å². The van der Waals surface area contributed by atoms with Crippen molar-refractivity contribution in [2.24, 2.45) is 23.7 Å². The Bertz CT molecular complexity index is 2070. The van der Waals surface area contributed by atoms with Crippen molar-refractivity contribution in [2.75, 3.05) is 4.90 Å². The van der Waals surface area contributed by atoms with Gasteiger partial charge in [-0.05, 0) is 78.4 Å². The van der Waals surface area contributed by atoms with Crippen molar-refractivity contribution in [3.05, 3.63) is 148 Å². The molecule has 6 atom stereocenters.